The summed E-state index contributed by atoms with van der Waals surface area (Å²) < 4.78 is 34.6. The maximum atomic E-state index is 13.1. The van der Waals surface area contributed by atoms with Crippen LogP contribution in [0.2, 0.25) is 0 Å². The van der Waals surface area contributed by atoms with Crippen molar-refractivity contribution in [3.8, 4) is 0 Å². The molecule has 0 unspecified atom stereocenters. The molecule has 0 saturated heterocycles. The zero-order chi connectivity index (χ0) is 15.5. The molecule has 0 radical (unpaired) electrons. The molecular weight excluding hydrogens is 299 g/mol. The van der Waals surface area contributed by atoms with E-state index < -0.39 is 10.7 Å². The molecule has 0 spiro atoms. The van der Waals surface area contributed by atoms with Gasteiger partial charge in [0.25, 0.3) is 0 Å². The lowest BCUT2D eigenvalue weighted by Crippen LogP contribution is -1.90. The van der Waals surface area contributed by atoms with E-state index in [1.807, 2.05) is 36.4 Å². The number of hydrogen-bond donors (Lipinski definition) is 1. The highest BCUT2D eigenvalue weighted by molar-refractivity contribution is 7.71. The molecule has 22 heavy (non-hydrogen) atoms. The zero-order valence-corrected chi connectivity index (χ0v) is 13.0. The van der Waals surface area contributed by atoms with Crippen LogP contribution in [0.3, 0.4) is 0 Å². The molecule has 2 aromatic rings. The molecule has 114 valence electrons. The molecule has 0 bridgehead atoms. The van der Waals surface area contributed by atoms with Crippen LogP contribution in [0, 0.1) is 5.82 Å². The smallest absolute Gasteiger partial charge is 0.144 e. The second kappa shape index (κ2) is 6.44. The van der Waals surface area contributed by atoms with Crippen LogP contribution in [0.1, 0.15) is 36.0 Å². The quantitative estimate of drug-likeness (QED) is 0.864. The van der Waals surface area contributed by atoms with E-state index >= 15 is 0 Å². The summed E-state index contributed by atoms with van der Waals surface area (Å²) in [4.78, 5) is 0. The number of halogens is 1. The summed E-state index contributed by atoms with van der Waals surface area (Å²) in [6.07, 6.45) is 3.09. The van der Waals surface area contributed by atoms with Gasteiger partial charge in [-0.15, -0.1) is 0 Å². The van der Waals surface area contributed by atoms with E-state index in [2.05, 4.69) is 0 Å². The first-order chi connectivity index (χ1) is 10.6. The minimum absolute atomic E-state index is 0.0828. The van der Waals surface area contributed by atoms with Gasteiger partial charge in [-0.2, -0.15) is 0 Å². The third kappa shape index (κ3) is 3.28. The van der Waals surface area contributed by atoms with E-state index in [9.17, 15) is 12.8 Å². The van der Waals surface area contributed by atoms with Crippen LogP contribution in [0.5, 0.6) is 0 Å². The lowest BCUT2D eigenvalue weighted by Gasteiger charge is -2.09. The summed E-state index contributed by atoms with van der Waals surface area (Å²) in [5.41, 5.74) is 5.55. The average molecular weight is 316 g/mol. The molecule has 0 saturated carbocycles. The Labute approximate surface area is 131 Å². The Balaban J connectivity index is 1.94. The fraction of sp³-hybridized carbons (Fsp3) is 0.222. The highest BCUT2D eigenvalue weighted by Crippen LogP contribution is 2.39. The summed E-state index contributed by atoms with van der Waals surface area (Å²) in [5.74, 6) is -0.139. The highest BCUT2D eigenvalue weighted by atomic mass is 32.2. The lowest BCUT2D eigenvalue weighted by molar-refractivity contribution is 0.614. The zero-order valence-electron chi connectivity index (χ0n) is 12.1. The lowest BCUT2D eigenvalue weighted by atomic mass is 9.96. The summed E-state index contributed by atoms with van der Waals surface area (Å²) in [6, 6.07) is 14.3. The molecule has 0 fully saturated rings. The summed E-state index contributed by atoms with van der Waals surface area (Å²) in [5, 5.41) is 0. The van der Waals surface area contributed by atoms with Gasteiger partial charge in [0, 0.05) is 0 Å². The van der Waals surface area contributed by atoms with E-state index in [0.29, 0.717) is 0 Å². The molecule has 0 atom stereocenters. The van der Waals surface area contributed by atoms with Crippen molar-refractivity contribution in [3.63, 3.8) is 0 Å². The third-order valence-electron chi connectivity index (χ3n) is 4.02. The molecular formula is C18H17FO2S. The number of benzene rings is 2. The average Bonchev–Trinajstić information content (AvgIpc) is 2.97. The summed E-state index contributed by atoms with van der Waals surface area (Å²) in [7, 11) is -2.39. The van der Waals surface area contributed by atoms with Gasteiger partial charge in [-0.3, -0.25) is 0 Å². The van der Waals surface area contributed by atoms with Crippen molar-refractivity contribution in [1.82, 2.24) is 0 Å². The van der Waals surface area contributed by atoms with E-state index in [4.69, 9.17) is 0 Å². The van der Waals surface area contributed by atoms with E-state index in [-0.39, 0.29) is 11.6 Å². The van der Waals surface area contributed by atoms with Gasteiger partial charge in [0.1, 0.15) is 16.5 Å². The van der Waals surface area contributed by atoms with Crippen LogP contribution in [-0.2, 0) is 16.5 Å². The summed E-state index contributed by atoms with van der Waals surface area (Å²) >= 11 is 0. The van der Waals surface area contributed by atoms with Crippen LogP contribution in [0.25, 0.3) is 11.1 Å². The first-order valence-electron chi connectivity index (χ1n) is 7.32. The van der Waals surface area contributed by atoms with Crippen molar-refractivity contribution in [1.29, 1.82) is 0 Å². The molecule has 0 N–H and O–H groups in total. The molecule has 1 aliphatic carbocycles. The third-order valence-corrected chi connectivity index (χ3v) is 4.65. The predicted octanol–water partition coefficient (Wildman–Crippen LogP) is 4.03. The van der Waals surface area contributed by atoms with Crippen LogP contribution in [0.15, 0.2) is 48.5 Å². The van der Waals surface area contributed by atoms with Gasteiger partial charge in [0.15, 0.2) is 0 Å². The molecule has 0 aliphatic heterocycles. The van der Waals surface area contributed by atoms with Gasteiger partial charge in [-0.1, -0.05) is 36.4 Å². The monoisotopic (exact) mass is 316 g/mol. The molecule has 2 aromatic carbocycles. The van der Waals surface area contributed by atoms with Crippen LogP contribution < -0.4 is 0 Å². The van der Waals surface area contributed by atoms with Crippen molar-refractivity contribution < 1.29 is 12.8 Å². The van der Waals surface area contributed by atoms with E-state index in [1.54, 1.807) is 0 Å². The Bertz CT molecular complexity index is 764. The van der Waals surface area contributed by atoms with Crippen LogP contribution >= 0.6 is 0 Å². The normalized spacial score (nSPS) is 14.8. The number of hydrogen-bond acceptors (Lipinski definition) is 2. The Hall–Kier alpha value is -1.94. The Kier molecular flexibility index (Phi) is 4.39. The van der Waals surface area contributed by atoms with Gasteiger partial charge in [-0.05, 0) is 59.2 Å². The second-order valence-electron chi connectivity index (χ2n) is 5.51. The second-order valence-corrected chi connectivity index (χ2v) is 6.49. The van der Waals surface area contributed by atoms with Gasteiger partial charge in [0.2, 0.25) is 0 Å². The van der Waals surface area contributed by atoms with Crippen LogP contribution in [0.4, 0.5) is 4.39 Å². The predicted molar refractivity (Wildman–Crippen MR) is 87.5 cm³/mol. The minimum atomic E-state index is -2.39. The van der Waals surface area contributed by atoms with Crippen molar-refractivity contribution in [2.75, 3.05) is 0 Å². The van der Waals surface area contributed by atoms with Crippen molar-refractivity contribution >= 4 is 21.9 Å². The van der Waals surface area contributed by atoms with Crippen molar-refractivity contribution in [2.45, 2.75) is 25.0 Å². The van der Waals surface area contributed by atoms with Crippen LogP contribution in [-0.4, -0.2) is 8.42 Å². The van der Waals surface area contributed by atoms with Crippen molar-refractivity contribution in [3.05, 3.63) is 71.0 Å². The molecule has 1 aliphatic rings. The largest absolute Gasteiger partial charge is 0.232 e. The maximum Gasteiger partial charge on any atom is 0.144 e. The summed E-state index contributed by atoms with van der Waals surface area (Å²) in [6.45, 7) is 0. The van der Waals surface area contributed by atoms with Crippen molar-refractivity contribution in [2.24, 2.45) is 0 Å². The van der Waals surface area contributed by atoms with E-state index in [0.717, 1.165) is 36.0 Å². The first-order valence-corrected chi connectivity index (χ1v) is 8.69. The number of rotatable bonds is 4. The van der Waals surface area contributed by atoms with Gasteiger partial charge >= 0.3 is 0 Å². The van der Waals surface area contributed by atoms with Gasteiger partial charge in [0.05, 0.1) is 5.75 Å². The highest BCUT2D eigenvalue weighted by Gasteiger charge is 2.17. The van der Waals surface area contributed by atoms with Gasteiger partial charge in [-0.25, -0.2) is 12.8 Å². The van der Waals surface area contributed by atoms with E-state index in [1.165, 1.54) is 23.3 Å². The fourth-order valence-corrected chi connectivity index (χ4v) is 3.50. The molecule has 3 rings (SSSR count). The molecule has 4 heteroatoms. The van der Waals surface area contributed by atoms with Gasteiger partial charge < -0.3 is 0 Å². The minimum Gasteiger partial charge on any atom is -0.232 e. The standard InChI is InChI=1S/C18H17FO2S/c19-16-10-8-15(9-11-16)18-3-1-2-17(18)14-6-4-13(5-7-14)12-22(20)21/h4-11,22H,1-3,12H2. The topological polar surface area (TPSA) is 34.1 Å². The molecule has 0 amide bonds. The molecule has 0 aromatic heterocycles. The first kappa shape index (κ1) is 15.0. The Morgan fingerprint density at radius 1 is 0.818 bits per heavy atom. The Morgan fingerprint density at radius 3 is 1.82 bits per heavy atom. The Morgan fingerprint density at radius 2 is 1.32 bits per heavy atom. The number of allylic oxidation sites excluding steroid dienone is 2. The maximum absolute atomic E-state index is 13.1. The SMILES string of the molecule is O=[SH](=O)Cc1ccc(C2=C(c3ccc(F)cc3)CCC2)cc1. The fourth-order valence-electron chi connectivity index (χ4n) is 2.99. The molecule has 2 nitrogen and oxygen atoms in total. The number of thiol groups is 1. The molecule has 0 heterocycles.